The molecule has 0 aliphatic heterocycles. The highest BCUT2D eigenvalue weighted by Gasteiger charge is 2.18. The van der Waals surface area contributed by atoms with Gasteiger partial charge in [-0.15, -0.1) is 0 Å². The van der Waals surface area contributed by atoms with Crippen molar-refractivity contribution < 1.29 is 28.0 Å². The second kappa shape index (κ2) is 8.39. The fourth-order valence-electron chi connectivity index (χ4n) is 1.88. The Hall–Kier alpha value is -3.01. The molecule has 0 fully saturated rings. The first-order valence-electron chi connectivity index (χ1n) is 7.04. The summed E-state index contributed by atoms with van der Waals surface area (Å²) in [6, 6.07) is 4.94. The van der Waals surface area contributed by atoms with Crippen molar-refractivity contribution in [3.05, 3.63) is 51.2 Å². The van der Waals surface area contributed by atoms with Gasteiger partial charge in [-0.1, -0.05) is 11.6 Å². The minimum absolute atomic E-state index is 0.125. The molecule has 2 rings (SSSR count). The van der Waals surface area contributed by atoms with Gasteiger partial charge in [0.2, 0.25) is 0 Å². The Kier molecular flexibility index (Phi) is 6.23. The molecular formula is C15H12ClF2N3O5. The second-order valence-electron chi connectivity index (χ2n) is 4.95. The molecule has 8 nitrogen and oxygen atoms in total. The van der Waals surface area contributed by atoms with Gasteiger partial charge in [0.25, 0.3) is 11.8 Å². The Bertz CT molecular complexity index is 835. The van der Waals surface area contributed by atoms with Crippen molar-refractivity contribution in [2.75, 3.05) is 11.9 Å². The van der Waals surface area contributed by atoms with Crippen molar-refractivity contribution in [1.29, 1.82) is 0 Å². The van der Waals surface area contributed by atoms with Crippen LogP contribution in [0.25, 0.3) is 0 Å². The fourth-order valence-corrected chi connectivity index (χ4v) is 2.11. The molecule has 0 bridgehead atoms. The van der Waals surface area contributed by atoms with Gasteiger partial charge in [0, 0.05) is 18.0 Å². The zero-order valence-electron chi connectivity index (χ0n) is 13.2. The van der Waals surface area contributed by atoms with Crippen LogP contribution >= 0.6 is 11.6 Å². The van der Waals surface area contributed by atoms with Crippen LogP contribution in [-0.2, 0) is 4.79 Å². The number of ether oxygens (including phenoxy) is 2. The second-order valence-corrected chi connectivity index (χ2v) is 5.36. The van der Waals surface area contributed by atoms with Crippen molar-refractivity contribution in [3.63, 3.8) is 0 Å². The number of rotatable bonds is 7. The van der Waals surface area contributed by atoms with Crippen LogP contribution in [0.3, 0.4) is 0 Å². The first-order chi connectivity index (χ1) is 12.3. The summed E-state index contributed by atoms with van der Waals surface area (Å²) in [5, 5.41) is 13.2. The molecule has 0 radical (unpaired) electrons. The molecule has 0 aliphatic rings. The SMILES string of the molecule is Cc1cnc(OCC(=O)Nc2ccc(OC(F)F)c(Cl)c2)c([N+](=O)[O-])c1. The van der Waals surface area contributed by atoms with Crippen LogP contribution < -0.4 is 14.8 Å². The molecule has 1 heterocycles. The summed E-state index contributed by atoms with van der Waals surface area (Å²) in [5.41, 5.74) is 0.403. The number of carbonyl (C=O) groups excluding carboxylic acids is 1. The Labute approximate surface area is 150 Å². The number of nitrogens with one attached hydrogen (secondary N) is 1. The highest BCUT2D eigenvalue weighted by Crippen LogP contribution is 2.29. The molecule has 0 unspecified atom stereocenters. The molecule has 1 N–H and O–H groups in total. The van der Waals surface area contributed by atoms with E-state index < -0.39 is 24.0 Å². The van der Waals surface area contributed by atoms with Gasteiger partial charge in [-0.05, 0) is 30.7 Å². The molecule has 0 aliphatic carbocycles. The van der Waals surface area contributed by atoms with Crippen LogP contribution in [0, 0.1) is 17.0 Å². The van der Waals surface area contributed by atoms with Crippen LogP contribution in [0.15, 0.2) is 30.5 Å². The number of amides is 1. The van der Waals surface area contributed by atoms with E-state index in [9.17, 15) is 23.7 Å². The zero-order valence-corrected chi connectivity index (χ0v) is 14.0. The third kappa shape index (κ3) is 5.24. The smallest absolute Gasteiger partial charge is 0.387 e. The number of pyridine rings is 1. The lowest BCUT2D eigenvalue weighted by molar-refractivity contribution is -0.386. The lowest BCUT2D eigenvalue weighted by atomic mass is 10.3. The number of nitrogens with zero attached hydrogens (tertiary/aromatic N) is 2. The lowest BCUT2D eigenvalue weighted by Crippen LogP contribution is -2.20. The normalized spacial score (nSPS) is 10.5. The van der Waals surface area contributed by atoms with Crippen LogP contribution in [0.1, 0.15) is 5.56 Å². The number of alkyl halides is 2. The molecular weight excluding hydrogens is 376 g/mol. The van der Waals surface area contributed by atoms with Gasteiger partial charge in [0.05, 0.1) is 9.95 Å². The van der Waals surface area contributed by atoms with Crippen LogP contribution in [0.4, 0.5) is 20.2 Å². The quantitative estimate of drug-likeness (QED) is 0.575. The summed E-state index contributed by atoms with van der Waals surface area (Å²) in [4.78, 5) is 25.9. The molecule has 1 amide bonds. The Balaban J connectivity index is 1.99. The number of hydrogen-bond acceptors (Lipinski definition) is 6. The van der Waals surface area contributed by atoms with E-state index in [1.807, 2.05) is 0 Å². The van der Waals surface area contributed by atoms with E-state index in [4.69, 9.17) is 16.3 Å². The number of carbonyl (C=O) groups is 1. The highest BCUT2D eigenvalue weighted by atomic mass is 35.5. The maximum absolute atomic E-state index is 12.2. The molecule has 1 aromatic carbocycles. The number of aryl methyl sites for hydroxylation is 1. The summed E-state index contributed by atoms with van der Waals surface area (Å²) in [7, 11) is 0. The summed E-state index contributed by atoms with van der Waals surface area (Å²) in [6.07, 6.45) is 1.36. The van der Waals surface area contributed by atoms with Crippen molar-refractivity contribution >= 4 is 28.9 Å². The van der Waals surface area contributed by atoms with E-state index in [0.717, 1.165) is 6.07 Å². The van der Waals surface area contributed by atoms with E-state index in [-0.39, 0.29) is 28.0 Å². The van der Waals surface area contributed by atoms with E-state index in [0.29, 0.717) is 5.56 Å². The van der Waals surface area contributed by atoms with Gasteiger partial charge in [-0.25, -0.2) is 4.98 Å². The molecule has 138 valence electrons. The van der Waals surface area contributed by atoms with E-state index in [1.165, 1.54) is 24.4 Å². The highest BCUT2D eigenvalue weighted by molar-refractivity contribution is 6.32. The van der Waals surface area contributed by atoms with Gasteiger partial charge in [0.1, 0.15) is 5.75 Å². The monoisotopic (exact) mass is 387 g/mol. The Morgan fingerprint density at radius 3 is 2.77 bits per heavy atom. The topological polar surface area (TPSA) is 104 Å². The first kappa shape index (κ1) is 19.3. The predicted molar refractivity (Wildman–Crippen MR) is 87.8 cm³/mol. The van der Waals surface area contributed by atoms with Crippen molar-refractivity contribution in [2.24, 2.45) is 0 Å². The maximum Gasteiger partial charge on any atom is 0.387 e. The van der Waals surface area contributed by atoms with Gasteiger partial charge in [-0.3, -0.25) is 14.9 Å². The lowest BCUT2D eigenvalue weighted by Gasteiger charge is -2.10. The number of hydrogen-bond donors (Lipinski definition) is 1. The van der Waals surface area contributed by atoms with Crippen molar-refractivity contribution in [1.82, 2.24) is 4.98 Å². The summed E-state index contributed by atoms with van der Waals surface area (Å²) in [5.74, 6) is -1.19. The van der Waals surface area contributed by atoms with Crippen molar-refractivity contribution in [2.45, 2.75) is 13.5 Å². The average Bonchev–Trinajstić information content (AvgIpc) is 2.55. The number of aromatic nitrogens is 1. The number of benzene rings is 1. The maximum atomic E-state index is 12.2. The van der Waals surface area contributed by atoms with Gasteiger partial charge in [-0.2, -0.15) is 8.78 Å². The number of anilines is 1. The molecule has 1 aromatic heterocycles. The van der Waals surface area contributed by atoms with E-state index in [1.54, 1.807) is 6.92 Å². The van der Waals surface area contributed by atoms with Crippen molar-refractivity contribution in [3.8, 4) is 11.6 Å². The largest absolute Gasteiger partial charge is 0.463 e. The third-order valence-corrected chi connectivity index (χ3v) is 3.23. The molecule has 2 aromatic rings. The van der Waals surface area contributed by atoms with Crippen LogP contribution in [0.5, 0.6) is 11.6 Å². The summed E-state index contributed by atoms with van der Waals surface area (Å²) >= 11 is 5.77. The molecule has 0 saturated carbocycles. The van der Waals surface area contributed by atoms with Gasteiger partial charge < -0.3 is 14.8 Å². The standard InChI is InChI=1S/C15H12ClF2N3O5/c1-8-4-11(21(23)24)14(19-6-8)25-7-13(22)20-9-2-3-12(10(16)5-9)26-15(17)18/h2-6,15H,7H2,1H3,(H,20,22). The molecule has 0 spiro atoms. The van der Waals surface area contributed by atoms with Gasteiger partial charge >= 0.3 is 12.3 Å². The van der Waals surface area contributed by atoms with Gasteiger partial charge in [0.15, 0.2) is 6.61 Å². The minimum Gasteiger partial charge on any atom is -0.463 e. The predicted octanol–water partition coefficient (Wildman–Crippen LogP) is 3.57. The minimum atomic E-state index is -3.03. The van der Waals surface area contributed by atoms with Crippen LogP contribution in [0.2, 0.25) is 5.02 Å². The zero-order chi connectivity index (χ0) is 19.3. The molecule has 11 heteroatoms. The van der Waals surface area contributed by atoms with Crippen LogP contribution in [-0.4, -0.2) is 29.0 Å². The Morgan fingerprint density at radius 2 is 2.15 bits per heavy atom. The molecule has 0 atom stereocenters. The summed E-state index contributed by atoms with van der Waals surface area (Å²) in [6.45, 7) is -1.95. The molecule has 26 heavy (non-hydrogen) atoms. The number of halogens is 3. The summed E-state index contributed by atoms with van der Waals surface area (Å²) < 4.78 is 33.6. The van der Waals surface area contributed by atoms with E-state index >= 15 is 0 Å². The third-order valence-electron chi connectivity index (χ3n) is 2.94. The Morgan fingerprint density at radius 1 is 1.42 bits per heavy atom. The van der Waals surface area contributed by atoms with E-state index in [2.05, 4.69) is 15.0 Å². The average molecular weight is 388 g/mol. The molecule has 0 saturated heterocycles. The first-order valence-corrected chi connectivity index (χ1v) is 7.42. The fraction of sp³-hybridized carbons (Fsp3) is 0.200. The number of nitro groups is 1.